The average Bonchev–Trinajstić information content (AvgIpc) is 2.24. The van der Waals surface area contributed by atoms with Crippen molar-refractivity contribution in [2.45, 2.75) is 20.8 Å². The Kier molecular flexibility index (Phi) is 10.5. The minimum atomic E-state index is -0.372. The Morgan fingerprint density at radius 1 is 1.21 bits per heavy atom. The smallest absolute Gasteiger partial charge is 0.248 e. The monoisotopic (exact) mass is 196 g/mol. The second-order valence-electron chi connectivity index (χ2n) is 2.23. The minimum absolute atomic E-state index is 0.372. The van der Waals surface area contributed by atoms with Crippen LogP contribution in [0.15, 0.2) is 24.3 Å². The number of aryl methyl sites for hydroxylation is 1. The molecule has 1 aromatic rings. The van der Waals surface area contributed by atoms with Crippen molar-refractivity contribution in [1.29, 1.82) is 0 Å². The Bertz CT molecular complexity index is 259. The lowest BCUT2D eigenvalue weighted by Gasteiger charge is -1.94. The van der Waals surface area contributed by atoms with Crippen LogP contribution in [0.2, 0.25) is 0 Å². The predicted molar refractivity (Wildman–Crippen MR) is 61.2 cm³/mol. The van der Waals surface area contributed by atoms with E-state index in [4.69, 9.17) is 5.73 Å². The lowest BCUT2D eigenvalue weighted by Crippen LogP contribution is -2.10. The molecule has 0 saturated heterocycles. The van der Waals surface area contributed by atoms with Crippen molar-refractivity contribution in [1.82, 2.24) is 0 Å². The first-order chi connectivity index (χ1) is 6.70. The van der Waals surface area contributed by atoms with Crippen LogP contribution in [0.5, 0.6) is 0 Å². The molecule has 14 heavy (non-hydrogen) atoms. The third-order valence-corrected chi connectivity index (χ3v) is 1.30. The van der Waals surface area contributed by atoms with Crippen LogP contribution < -0.4 is 11.5 Å². The molecular weight excluding hydrogens is 176 g/mol. The molecule has 0 heterocycles. The lowest BCUT2D eigenvalue weighted by molar-refractivity contribution is 0.1000. The number of primary amides is 1. The number of carbonyl (C=O) groups is 1. The van der Waals surface area contributed by atoms with Crippen molar-refractivity contribution in [2.24, 2.45) is 11.5 Å². The van der Waals surface area contributed by atoms with E-state index in [9.17, 15) is 4.79 Å². The van der Waals surface area contributed by atoms with Gasteiger partial charge in [-0.2, -0.15) is 0 Å². The number of hydrogen-bond donors (Lipinski definition) is 2. The number of carbonyl (C=O) groups excluding carboxylic acids is 1. The molecule has 0 saturated carbocycles. The maximum Gasteiger partial charge on any atom is 0.248 e. The summed E-state index contributed by atoms with van der Waals surface area (Å²) in [5.74, 6) is -0.372. The van der Waals surface area contributed by atoms with Crippen molar-refractivity contribution in [2.75, 3.05) is 7.05 Å². The van der Waals surface area contributed by atoms with Gasteiger partial charge in [0.25, 0.3) is 0 Å². The van der Waals surface area contributed by atoms with Gasteiger partial charge in [-0.05, 0) is 26.1 Å². The largest absolute Gasteiger partial charge is 0.366 e. The van der Waals surface area contributed by atoms with Crippen LogP contribution in [-0.2, 0) is 0 Å². The Balaban J connectivity index is 0. The molecule has 0 fully saturated rings. The summed E-state index contributed by atoms with van der Waals surface area (Å²) in [6.07, 6.45) is 0. The molecule has 3 nitrogen and oxygen atoms in total. The Morgan fingerprint density at radius 3 is 2.00 bits per heavy atom. The van der Waals surface area contributed by atoms with Crippen LogP contribution in [0.4, 0.5) is 0 Å². The van der Waals surface area contributed by atoms with Gasteiger partial charge >= 0.3 is 0 Å². The van der Waals surface area contributed by atoms with E-state index in [2.05, 4.69) is 5.73 Å². The molecule has 0 unspecified atom stereocenters. The van der Waals surface area contributed by atoms with Gasteiger partial charge in [-0.3, -0.25) is 4.79 Å². The first kappa shape index (κ1) is 15.1. The molecule has 80 valence electrons. The Labute approximate surface area is 86.1 Å². The molecule has 0 aliphatic carbocycles. The molecule has 1 aromatic carbocycles. The first-order valence-electron chi connectivity index (χ1n) is 4.64. The molecule has 0 aliphatic heterocycles. The normalized spacial score (nSPS) is 7.50. The molecule has 0 aromatic heterocycles. The van der Waals surface area contributed by atoms with Crippen molar-refractivity contribution in [3.8, 4) is 0 Å². The van der Waals surface area contributed by atoms with Crippen molar-refractivity contribution in [3.63, 3.8) is 0 Å². The summed E-state index contributed by atoms with van der Waals surface area (Å²) in [4.78, 5) is 10.6. The van der Waals surface area contributed by atoms with E-state index in [1.54, 1.807) is 12.1 Å². The molecule has 0 atom stereocenters. The second kappa shape index (κ2) is 9.74. The van der Waals surface area contributed by atoms with E-state index < -0.39 is 0 Å². The molecule has 0 aliphatic rings. The van der Waals surface area contributed by atoms with Gasteiger partial charge in [0, 0.05) is 5.56 Å². The van der Waals surface area contributed by atoms with E-state index in [1.807, 2.05) is 32.9 Å². The SMILES string of the molecule is CC.CN.Cc1cccc(C(N)=O)c1. The van der Waals surface area contributed by atoms with E-state index in [-0.39, 0.29) is 5.91 Å². The summed E-state index contributed by atoms with van der Waals surface area (Å²) in [7, 11) is 1.50. The van der Waals surface area contributed by atoms with Gasteiger partial charge in [0.1, 0.15) is 0 Å². The van der Waals surface area contributed by atoms with Crippen LogP contribution in [0.1, 0.15) is 29.8 Å². The average molecular weight is 196 g/mol. The fourth-order valence-corrected chi connectivity index (χ4v) is 0.798. The molecule has 4 N–H and O–H groups in total. The van der Waals surface area contributed by atoms with Crippen molar-refractivity contribution in [3.05, 3.63) is 35.4 Å². The quantitative estimate of drug-likeness (QED) is 0.717. The highest BCUT2D eigenvalue weighted by Crippen LogP contribution is 2.01. The van der Waals surface area contributed by atoms with Gasteiger partial charge < -0.3 is 11.5 Å². The zero-order valence-electron chi connectivity index (χ0n) is 9.37. The summed E-state index contributed by atoms with van der Waals surface area (Å²) in [5, 5.41) is 0. The summed E-state index contributed by atoms with van der Waals surface area (Å²) < 4.78 is 0. The van der Waals surface area contributed by atoms with E-state index in [0.29, 0.717) is 5.56 Å². The summed E-state index contributed by atoms with van der Waals surface area (Å²) in [6.45, 7) is 5.92. The Morgan fingerprint density at radius 2 is 1.71 bits per heavy atom. The number of benzene rings is 1. The summed E-state index contributed by atoms with van der Waals surface area (Å²) in [6, 6.07) is 7.21. The summed E-state index contributed by atoms with van der Waals surface area (Å²) >= 11 is 0. The minimum Gasteiger partial charge on any atom is -0.366 e. The van der Waals surface area contributed by atoms with Crippen LogP contribution in [-0.4, -0.2) is 13.0 Å². The highest BCUT2D eigenvalue weighted by molar-refractivity contribution is 5.92. The topological polar surface area (TPSA) is 69.1 Å². The lowest BCUT2D eigenvalue weighted by atomic mass is 10.1. The molecule has 0 spiro atoms. The highest BCUT2D eigenvalue weighted by Gasteiger charge is 1.96. The van der Waals surface area contributed by atoms with Crippen LogP contribution in [0.25, 0.3) is 0 Å². The van der Waals surface area contributed by atoms with Gasteiger partial charge in [0.15, 0.2) is 0 Å². The van der Waals surface area contributed by atoms with Gasteiger partial charge in [-0.25, -0.2) is 0 Å². The van der Waals surface area contributed by atoms with Gasteiger partial charge in [-0.15, -0.1) is 0 Å². The summed E-state index contributed by atoms with van der Waals surface area (Å²) in [5.41, 5.74) is 11.2. The number of nitrogens with two attached hydrogens (primary N) is 2. The second-order valence-corrected chi connectivity index (χ2v) is 2.23. The van der Waals surface area contributed by atoms with Gasteiger partial charge in [0.2, 0.25) is 5.91 Å². The van der Waals surface area contributed by atoms with Crippen LogP contribution in [0, 0.1) is 6.92 Å². The zero-order valence-corrected chi connectivity index (χ0v) is 9.37. The molecule has 3 heteroatoms. The van der Waals surface area contributed by atoms with Crippen LogP contribution in [0.3, 0.4) is 0 Å². The molecule has 1 rings (SSSR count). The highest BCUT2D eigenvalue weighted by atomic mass is 16.1. The standard InChI is InChI=1S/C8H9NO.C2H6.CH5N/c1-6-3-2-4-7(5-6)8(9)10;2*1-2/h2-5H,1H3,(H2,9,10);1-2H3;2H2,1H3. The molecule has 0 radical (unpaired) electrons. The fourth-order valence-electron chi connectivity index (χ4n) is 0.798. The number of hydrogen-bond acceptors (Lipinski definition) is 2. The van der Waals surface area contributed by atoms with E-state index in [0.717, 1.165) is 5.56 Å². The third kappa shape index (κ3) is 6.20. The van der Waals surface area contributed by atoms with Gasteiger partial charge in [-0.1, -0.05) is 31.5 Å². The van der Waals surface area contributed by atoms with Crippen molar-refractivity contribution < 1.29 is 4.79 Å². The Hall–Kier alpha value is -1.35. The maximum atomic E-state index is 10.6. The third-order valence-electron chi connectivity index (χ3n) is 1.30. The number of amides is 1. The number of rotatable bonds is 1. The van der Waals surface area contributed by atoms with Crippen LogP contribution >= 0.6 is 0 Å². The molecule has 0 bridgehead atoms. The zero-order chi connectivity index (χ0) is 11.6. The van der Waals surface area contributed by atoms with Gasteiger partial charge in [0.05, 0.1) is 0 Å². The molecular formula is C11H20N2O. The predicted octanol–water partition coefficient (Wildman–Crippen LogP) is 1.70. The fraction of sp³-hybridized carbons (Fsp3) is 0.364. The molecule has 1 amide bonds. The first-order valence-corrected chi connectivity index (χ1v) is 4.64. The van der Waals surface area contributed by atoms with E-state index >= 15 is 0 Å². The van der Waals surface area contributed by atoms with Crippen molar-refractivity contribution >= 4 is 5.91 Å². The van der Waals surface area contributed by atoms with E-state index in [1.165, 1.54) is 7.05 Å². The maximum absolute atomic E-state index is 10.6.